The number of nitrogens with zero attached hydrogens (tertiary/aromatic N) is 3. The highest BCUT2D eigenvalue weighted by Crippen LogP contribution is 2.24. The van der Waals surface area contributed by atoms with Crippen molar-refractivity contribution in [2.75, 3.05) is 54.4 Å². The molecule has 1 N–H and O–H groups in total. The van der Waals surface area contributed by atoms with Gasteiger partial charge in [0.1, 0.15) is 0 Å². The molecule has 0 saturated carbocycles. The van der Waals surface area contributed by atoms with Gasteiger partial charge in [0.15, 0.2) is 5.78 Å². The van der Waals surface area contributed by atoms with E-state index in [1.807, 2.05) is 11.0 Å². The van der Waals surface area contributed by atoms with Crippen molar-refractivity contribution in [2.24, 2.45) is 0 Å². The Kier molecular flexibility index (Phi) is 5.69. The van der Waals surface area contributed by atoms with E-state index >= 15 is 0 Å². The van der Waals surface area contributed by atoms with Crippen LogP contribution in [0.2, 0.25) is 0 Å². The first-order valence-corrected chi connectivity index (χ1v) is 10.4. The van der Waals surface area contributed by atoms with Crippen LogP contribution in [0.4, 0.5) is 21.9 Å². The van der Waals surface area contributed by atoms with E-state index in [4.69, 9.17) is 0 Å². The van der Waals surface area contributed by atoms with Crippen LogP contribution in [0.15, 0.2) is 48.5 Å². The molecule has 4 rings (SSSR count). The van der Waals surface area contributed by atoms with Gasteiger partial charge in [-0.15, -0.1) is 0 Å². The number of anilines is 3. The summed E-state index contributed by atoms with van der Waals surface area (Å²) < 4.78 is 0. The van der Waals surface area contributed by atoms with Crippen LogP contribution in [0, 0.1) is 0 Å². The van der Waals surface area contributed by atoms with E-state index in [2.05, 4.69) is 39.4 Å². The van der Waals surface area contributed by atoms with Gasteiger partial charge < -0.3 is 20.0 Å². The molecule has 2 aromatic carbocycles. The van der Waals surface area contributed by atoms with Gasteiger partial charge >= 0.3 is 6.03 Å². The first-order chi connectivity index (χ1) is 14.1. The summed E-state index contributed by atoms with van der Waals surface area (Å²) in [5.74, 6) is -0.00883. The van der Waals surface area contributed by atoms with Gasteiger partial charge in [0.25, 0.3) is 0 Å². The standard InChI is InChI=1S/C23H28N4O2/c1-18(28)19-5-4-6-20(17-19)24-23(29)27-15-13-26(14-16-27)22-9-7-21(8-10-22)25-11-2-3-12-25/h4-10,17H,2-3,11-16H2,1H3,(H,24,29). The average Bonchev–Trinajstić information content (AvgIpc) is 3.29. The summed E-state index contributed by atoms with van der Waals surface area (Å²) >= 11 is 0. The molecule has 0 spiro atoms. The first-order valence-electron chi connectivity index (χ1n) is 10.4. The van der Waals surface area contributed by atoms with Crippen molar-refractivity contribution in [1.29, 1.82) is 0 Å². The summed E-state index contributed by atoms with van der Waals surface area (Å²) in [7, 11) is 0. The van der Waals surface area contributed by atoms with Crippen molar-refractivity contribution in [3.05, 3.63) is 54.1 Å². The van der Waals surface area contributed by atoms with E-state index in [-0.39, 0.29) is 11.8 Å². The number of nitrogens with one attached hydrogen (secondary N) is 1. The van der Waals surface area contributed by atoms with E-state index < -0.39 is 0 Å². The summed E-state index contributed by atoms with van der Waals surface area (Å²) in [6.45, 7) is 6.80. The van der Waals surface area contributed by atoms with Crippen LogP contribution in [0.5, 0.6) is 0 Å². The summed E-state index contributed by atoms with van der Waals surface area (Å²) in [6.07, 6.45) is 2.57. The lowest BCUT2D eigenvalue weighted by atomic mass is 10.1. The molecule has 0 aliphatic carbocycles. The lowest BCUT2D eigenvalue weighted by molar-refractivity contribution is 0.101. The van der Waals surface area contributed by atoms with Crippen molar-refractivity contribution < 1.29 is 9.59 Å². The molecule has 0 unspecified atom stereocenters. The Labute approximate surface area is 172 Å². The van der Waals surface area contributed by atoms with E-state index in [0.717, 1.165) is 26.2 Å². The van der Waals surface area contributed by atoms with Gasteiger partial charge in [-0.25, -0.2) is 4.79 Å². The van der Waals surface area contributed by atoms with Crippen LogP contribution in [0.3, 0.4) is 0 Å². The molecular formula is C23H28N4O2. The van der Waals surface area contributed by atoms with Crippen LogP contribution in [-0.2, 0) is 0 Å². The molecule has 2 saturated heterocycles. The molecule has 0 bridgehead atoms. The topological polar surface area (TPSA) is 55.9 Å². The number of carbonyl (C=O) groups excluding carboxylic acids is 2. The molecular weight excluding hydrogens is 364 g/mol. The van der Waals surface area contributed by atoms with Gasteiger partial charge in [-0.3, -0.25) is 4.79 Å². The molecule has 0 aromatic heterocycles. The molecule has 2 aromatic rings. The van der Waals surface area contributed by atoms with Gasteiger partial charge in [-0.1, -0.05) is 12.1 Å². The van der Waals surface area contributed by atoms with Gasteiger partial charge in [-0.2, -0.15) is 0 Å². The minimum atomic E-state index is -0.116. The number of urea groups is 1. The maximum absolute atomic E-state index is 12.6. The van der Waals surface area contributed by atoms with Crippen LogP contribution < -0.4 is 15.1 Å². The Hall–Kier alpha value is -3.02. The Bertz CT molecular complexity index is 867. The lowest BCUT2D eigenvalue weighted by Gasteiger charge is -2.36. The highest BCUT2D eigenvalue weighted by atomic mass is 16.2. The summed E-state index contributed by atoms with van der Waals surface area (Å²) in [6, 6.07) is 15.8. The zero-order chi connectivity index (χ0) is 20.2. The maximum atomic E-state index is 12.6. The van der Waals surface area contributed by atoms with Crippen molar-refractivity contribution in [3.8, 4) is 0 Å². The minimum absolute atomic E-state index is 0.00883. The number of benzene rings is 2. The van der Waals surface area contributed by atoms with Crippen LogP contribution in [-0.4, -0.2) is 56.0 Å². The van der Waals surface area contributed by atoms with Crippen molar-refractivity contribution in [3.63, 3.8) is 0 Å². The van der Waals surface area contributed by atoms with Crippen LogP contribution in [0.25, 0.3) is 0 Å². The van der Waals surface area contributed by atoms with E-state index in [9.17, 15) is 9.59 Å². The molecule has 2 aliphatic heterocycles. The molecule has 152 valence electrons. The normalized spacial score (nSPS) is 16.8. The van der Waals surface area contributed by atoms with E-state index in [1.165, 1.54) is 31.1 Å². The first kappa shape index (κ1) is 19.3. The molecule has 2 fully saturated rings. The molecule has 2 aliphatic rings. The molecule has 29 heavy (non-hydrogen) atoms. The predicted molar refractivity (Wildman–Crippen MR) is 117 cm³/mol. The third kappa shape index (κ3) is 4.53. The van der Waals surface area contributed by atoms with Gasteiger partial charge in [-0.05, 0) is 56.2 Å². The third-order valence-corrected chi connectivity index (χ3v) is 5.77. The lowest BCUT2D eigenvalue weighted by Crippen LogP contribution is -2.50. The Morgan fingerprint density at radius 1 is 0.793 bits per heavy atom. The van der Waals surface area contributed by atoms with Crippen molar-refractivity contribution in [2.45, 2.75) is 19.8 Å². The summed E-state index contributed by atoms with van der Waals surface area (Å²) in [5.41, 5.74) is 3.77. The fourth-order valence-corrected chi connectivity index (χ4v) is 4.04. The predicted octanol–water partition coefficient (Wildman–Crippen LogP) is 3.84. The molecule has 2 heterocycles. The smallest absolute Gasteiger partial charge is 0.321 e. The zero-order valence-electron chi connectivity index (χ0n) is 16.9. The molecule has 0 radical (unpaired) electrons. The molecule has 6 nitrogen and oxygen atoms in total. The molecule has 6 heteroatoms. The highest BCUT2D eigenvalue weighted by molar-refractivity contribution is 5.96. The fourth-order valence-electron chi connectivity index (χ4n) is 4.04. The second-order valence-electron chi connectivity index (χ2n) is 7.75. The van der Waals surface area contributed by atoms with Gasteiger partial charge in [0.05, 0.1) is 0 Å². The number of rotatable bonds is 4. The van der Waals surface area contributed by atoms with Gasteiger partial charge in [0, 0.05) is 61.9 Å². The number of hydrogen-bond acceptors (Lipinski definition) is 4. The molecule has 0 atom stereocenters. The number of amides is 2. The largest absolute Gasteiger partial charge is 0.372 e. The number of Topliss-reactive ketones (excluding diaryl/α,β-unsaturated/α-hetero) is 1. The Balaban J connectivity index is 1.31. The van der Waals surface area contributed by atoms with Crippen molar-refractivity contribution in [1.82, 2.24) is 4.90 Å². The van der Waals surface area contributed by atoms with Crippen LogP contribution in [0.1, 0.15) is 30.1 Å². The highest BCUT2D eigenvalue weighted by Gasteiger charge is 2.22. The quantitative estimate of drug-likeness (QED) is 0.803. The second-order valence-corrected chi connectivity index (χ2v) is 7.75. The summed E-state index contributed by atoms with van der Waals surface area (Å²) in [4.78, 5) is 30.7. The van der Waals surface area contributed by atoms with E-state index in [0.29, 0.717) is 24.3 Å². The maximum Gasteiger partial charge on any atom is 0.321 e. The van der Waals surface area contributed by atoms with Crippen molar-refractivity contribution >= 4 is 28.9 Å². The second kappa shape index (κ2) is 8.55. The fraction of sp³-hybridized carbons (Fsp3) is 0.391. The Morgan fingerprint density at radius 2 is 1.38 bits per heavy atom. The van der Waals surface area contributed by atoms with E-state index in [1.54, 1.807) is 18.2 Å². The number of hydrogen-bond donors (Lipinski definition) is 1. The zero-order valence-corrected chi connectivity index (χ0v) is 16.9. The van der Waals surface area contributed by atoms with Crippen LogP contribution >= 0.6 is 0 Å². The Morgan fingerprint density at radius 3 is 1.97 bits per heavy atom. The SMILES string of the molecule is CC(=O)c1cccc(NC(=O)N2CCN(c3ccc(N4CCCC4)cc3)CC2)c1. The number of piperazine rings is 1. The third-order valence-electron chi connectivity index (χ3n) is 5.77. The minimum Gasteiger partial charge on any atom is -0.372 e. The summed E-state index contributed by atoms with van der Waals surface area (Å²) in [5, 5.41) is 2.91. The number of carbonyl (C=O) groups is 2. The van der Waals surface area contributed by atoms with Gasteiger partial charge in [0.2, 0.25) is 0 Å². The average molecular weight is 393 g/mol. The number of ketones is 1. The molecule has 2 amide bonds. The monoisotopic (exact) mass is 392 g/mol.